The van der Waals surface area contributed by atoms with Crippen LogP contribution in [0.5, 0.6) is 0 Å². The Balaban J connectivity index is 1.66. The zero-order valence-electron chi connectivity index (χ0n) is 15.8. The van der Waals surface area contributed by atoms with Crippen LogP contribution in [0.4, 0.5) is 5.69 Å². The molecule has 0 fully saturated rings. The number of quaternary nitrogens is 1. The van der Waals surface area contributed by atoms with E-state index in [1.807, 2.05) is 61.1 Å². The summed E-state index contributed by atoms with van der Waals surface area (Å²) in [6.45, 7) is 5.18. The summed E-state index contributed by atoms with van der Waals surface area (Å²) < 4.78 is 1.96. The van der Waals surface area contributed by atoms with Gasteiger partial charge in [-0.2, -0.15) is 5.10 Å². The first-order chi connectivity index (χ1) is 12.9. The molecule has 1 atom stereocenters. The zero-order valence-corrected chi connectivity index (χ0v) is 16.5. The molecular weight excluding hydrogens is 360 g/mol. The molecule has 0 aliphatic rings. The van der Waals surface area contributed by atoms with Crippen molar-refractivity contribution in [2.45, 2.75) is 20.4 Å². The number of anilines is 1. The van der Waals surface area contributed by atoms with Crippen LogP contribution in [0.1, 0.15) is 17.0 Å². The molecule has 0 saturated heterocycles. The number of nitrogens with zero attached hydrogens (tertiary/aromatic N) is 2. The predicted molar refractivity (Wildman–Crippen MR) is 109 cm³/mol. The fourth-order valence-corrected chi connectivity index (χ4v) is 3.35. The highest BCUT2D eigenvalue weighted by Gasteiger charge is 2.18. The summed E-state index contributed by atoms with van der Waals surface area (Å²) in [7, 11) is 2.01. The minimum atomic E-state index is -0.0412. The Morgan fingerprint density at radius 3 is 2.59 bits per heavy atom. The molecule has 2 N–H and O–H groups in total. The Labute approximate surface area is 164 Å². The van der Waals surface area contributed by atoms with Gasteiger partial charge in [0.25, 0.3) is 5.91 Å². The minimum Gasteiger partial charge on any atom is -0.326 e. The van der Waals surface area contributed by atoms with Gasteiger partial charge in [-0.1, -0.05) is 35.9 Å². The van der Waals surface area contributed by atoms with Gasteiger partial charge in [-0.3, -0.25) is 4.79 Å². The molecule has 0 radical (unpaired) electrons. The molecule has 5 nitrogen and oxygen atoms in total. The van der Waals surface area contributed by atoms with E-state index in [4.69, 9.17) is 11.6 Å². The quantitative estimate of drug-likeness (QED) is 0.687. The number of benzene rings is 2. The van der Waals surface area contributed by atoms with Gasteiger partial charge >= 0.3 is 0 Å². The molecule has 3 rings (SSSR count). The van der Waals surface area contributed by atoms with Crippen LogP contribution < -0.4 is 10.2 Å². The number of rotatable bonds is 6. The highest BCUT2D eigenvalue weighted by molar-refractivity contribution is 6.30. The van der Waals surface area contributed by atoms with Crippen molar-refractivity contribution in [3.05, 3.63) is 76.6 Å². The van der Waals surface area contributed by atoms with Gasteiger partial charge in [-0.15, -0.1) is 0 Å². The fourth-order valence-electron chi connectivity index (χ4n) is 3.16. The van der Waals surface area contributed by atoms with Gasteiger partial charge in [-0.25, -0.2) is 4.68 Å². The smallest absolute Gasteiger partial charge is 0.279 e. The van der Waals surface area contributed by atoms with E-state index >= 15 is 0 Å². The number of carbonyl (C=O) groups excluding carboxylic acids is 1. The second kappa shape index (κ2) is 8.37. The summed E-state index contributed by atoms with van der Waals surface area (Å²) in [6, 6.07) is 17.3. The van der Waals surface area contributed by atoms with Crippen LogP contribution in [0, 0.1) is 13.8 Å². The third kappa shape index (κ3) is 4.76. The highest BCUT2D eigenvalue weighted by Crippen LogP contribution is 2.17. The van der Waals surface area contributed by atoms with E-state index in [9.17, 15) is 4.79 Å². The van der Waals surface area contributed by atoms with E-state index in [0.29, 0.717) is 17.3 Å². The number of hydrogen-bond acceptors (Lipinski definition) is 2. The molecule has 1 unspecified atom stereocenters. The maximum atomic E-state index is 12.3. The molecule has 0 spiro atoms. The first-order valence-electron chi connectivity index (χ1n) is 8.91. The van der Waals surface area contributed by atoms with Crippen molar-refractivity contribution in [1.82, 2.24) is 9.78 Å². The molecule has 1 aromatic heterocycles. The van der Waals surface area contributed by atoms with E-state index < -0.39 is 0 Å². The minimum absolute atomic E-state index is 0.0412. The summed E-state index contributed by atoms with van der Waals surface area (Å²) in [5.74, 6) is -0.0412. The molecule has 2 aromatic carbocycles. The van der Waals surface area contributed by atoms with Gasteiger partial charge in [0.05, 0.1) is 29.7 Å². The number of halogens is 1. The van der Waals surface area contributed by atoms with Crippen molar-refractivity contribution in [2.24, 2.45) is 0 Å². The van der Waals surface area contributed by atoms with E-state index in [0.717, 1.165) is 28.5 Å². The fraction of sp³-hybridized carbons (Fsp3) is 0.238. The van der Waals surface area contributed by atoms with Gasteiger partial charge < -0.3 is 10.2 Å². The maximum absolute atomic E-state index is 12.3. The Hall–Kier alpha value is -2.63. The maximum Gasteiger partial charge on any atom is 0.279 e. The number of aromatic nitrogens is 2. The average molecular weight is 384 g/mol. The predicted octanol–water partition coefficient (Wildman–Crippen LogP) is 2.80. The molecule has 1 amide bonds. The number of nitrogens with one attached hydrogen (secondary N) is 2. The molecule has 0 saturated carbocycles. The van der Waals surface area contributed by atoms with Crippen LogP contribution in [0.15, 0.2) is 54.6 Å². The summed E-state index contributed by atoms with van der Waals surface area (Å²) in [6.07, 6.45) is 0. The lowest BCUT2D eigenvalue weighted by molar-refractivity contribution is -0.885. The van der Waals surface area contributed by atoms with Gasteiger partial charge in [0.1, 0.15) is 6.54 Å². The molecule has 0 bridgehead atoms. The van der Waals surface area contributed by atoms with E-state index in [-0.39, 0.29) is 5.91 Å². The first kappa shape index (κ1) is 19.1. The van der Waals surface area contributed by atoms with Gasteiger partial charge in [-0.05, 0) is 44.2 Å². The van der Waals surface area contributed by atoms with Gasteiger partial charge in [0, 0.05) is 10.7 Å². The van der Waals surface area contributed by atoms with Crippen LogP contribution in [0.25, 0.3) is 5.69 Å². The van der Waals surface area contributed by atoms with Crippen molar-refractivity contribution in [3.63, 3.8) is 0 Å². The lowest BCUT2D eigenvalue weighted by Gasteiger charge is -2.14. The number of para-hydroxylation sites is 1. The largest absolute Gasteiger partial charge is 0.326 e. The molecule has 0 aliphatic heterocycles. The second-order valence-electron chi connectivity index (χ2n) is 6.77. The number of likely N-dealkylation sites (N-methyl/N-ethyl adjacent to an activating group) is 1. The Bertz CT molecular complexity index is 937. The van der Waals surface area contributed by atoms with Gasteiger partial charge in [0.15, 0.2) is 6.54 Å². The third-order valence-corrected chi connectivity index (χ3v) is 4.73. The number of carbonyl (C=O) groups is 1. The molecular formula is C21H24ClN4O+. The number of hydrogen-bond donors (Lipinski definition) is 2. The van der Waals surface area contributed by atoms with Crippen LogP contribution in [0.3, 0.4) is 0 Å². The van der Waals surface area contributed by atoms with Crippen molar-refractivity contribution in [2.75, 3.05) is 18.9 Å². The van der Waals surface area contributed by atoms with Crippen molar-refractivity contribution < 1.29 is 9.69 Å². The third-order valence-electron chi connectivity index (χ3n) is 4.49. The van der Waals surface area contributed by atoms with Crippen LogP contribution in [-0.4, -0.2) is 29.3 Å². The topological polar surface area (TPSA) is 51.4 Å². The van der Waals surface area contributed by atoms with Crippen molar-refractivity contribution in [3.8, 4) is 5.69 Å². The second-order valence-corrected chi connectivity index (χ2v) is 7.20. The normalized spacial score (nSPS) is 12.0. The molecule has 6 heteroatoms. The molecule has 140 valence electrons. The monoisotopic (exact) mass is 383 g/mol. The molecule has 3 aromatic rings. The summed E-state index contributed by atoms with van der Waals surface area (Å²) in [5.41, 5.74) is 5.02. The average Bonchev–Trinajstić information content (AvgIpc) is 2.90. The number of aryl methyl sites for hydroxylation is 1. The Morgan fingerprint density at radius 1 is 1.15 bits per heavy atom. The zero-order chi connectivity index (χ0) is 19.4. The van der Waals surface area contributed by atoms with E-state index in [1.54, 1.807) is 12.1 Å². The van der Waals surface area contributed by atoms with Crippen LogP contribution >= 0.6 is 11.6 Å². The SMILES string of the molecule is Cc1nn(-c2ccccc2)c(C)c1C[NH+](C)CC(=O)Nc1cccc(Cl)c1. The Kier molecular flexibility index (Phi) is 5.94. The van der Waals surface area contributed by atoms with Gasteiger partial charge in [0.2, 0.25) is 0 Å². The standard InChI is InChI=1S/C21H23ClN4O/c1-15-20(16(2)26(24-15)19-10-5-4-6-11-19)13-25(3)14-21(27)23-18-9-7-8-17(22)12-18/h4-12H,13-14H2,1-3H3,(H,23,27)/p+1. The van der Waals surface area contributed by atoms with E-state index in [1.165, 1.54) is 5.56 Å². The lowest BCUT2D eigenvalue weighted by Crippen LogP contribution is -3.08. The lowest BCUT2D eigenvalue weighted by atomic mass is 10.2. The molecule has 1 heterocycles. The highest BCUT2D eigenvalue weighted by atomic mass is 35.5. The molecule has 27 heavy (non-hydrogen) atoms. The summed E-state index contributed by atoms with van der Waals surface area (Å²) in [5, 5.41) is 8.18. The van der Waals surface area contributed by atoms with Crippen LogP contribution in [-0.2, 0) is 11.3 Å². The first-order valence-corrected chi connectivity index (χ1v) is 9.29. The molecule has 0 aliphatic carbocycles. The summed E-state index contributed by atoms with van der Waals surface area (Å²) >= 11 is 5.96. The Morgan fingerprint density at radius 2 is 1.89 bits per heavy atom. The van der Waals surface area contributed by atoms with Crippen molar-refractivity contribution >= 4 is 23.2 Å². The van der Waals surface area contributed by atoms with Crippen molar-refractivity contribution in [1.29, 1.82) is 0 Å². The number of amides is 1. The van der Waals surface area contributed by atoms with E-state index in [2.05, 4.69) is 17.3 Å². The summed E-state index contributed by atoms with van der Waals surface area (Å²) in [4.78, 5) is 13.4. The van der Waals surface area contributed by atoms with Crippen LogP contribution in [0.2, 0.25) is 5.02 Å².